The lowest BCUT2D eigenvalue weighted by Crippen LogP contribution is -2.23. The van der Waals surface area contributed by atoms with Crippen LogP contribution in [-0.2, 0) is 6.42 Å². The number of para-hydroxylation sites is 1. The van der Waals surface area contributed by atoms with Gasteiger partial charge in [0.25, 0.3) is 0 Å². The maximum absolute atomic E-state index is 9.81. The summed E-state index contributed by atoms with van der Waals surface area (Å²) in [5, 5.41) is 9.81. The van der Waals surface area contributed by atoms with Crippen molar-refractivity contribution in [1.82, 2.24) is 0 Å². The van der Waals surface area contributed by atoms with Gasteiger partial charge in [-0.2, -0.15) is 0 Å². The smallest absolute Gasteiger partial charge is 0.123 e. The first-order valence-corrected chi connectivity index (χ1v) is 6.25. The Kier molecular flexibility index (Phi) is 2.60. The summed E-state index contributed by atoms with van der Waals surface area (Å²) in [5.74, 6) is 1.50. The minimum atomic E-state index is -0.0905. The third-order valence-electron chi connectivity index (χ3n) is 3.90. The second-order valence-electron chi connectivity index (χ2n) is 5.05. The van der Waals surface area contributed by atoms with Gasteiger partial charge in [0.2, 0.25) is 0 Å². The summed E-state index contributed by atoms with van der Waals surface area (Å²) in [4.78, 5) is 0. The number of aliphatic hydroxyl groups excluding tert-OH is 1. The van der Waals surface area contributed by atoms with E-state index in [2.05, 4.69) is 12.1 Å². The minimum Gasteiger partial charge on any atom is -0.490 e. The molecule has 1 N–H and O–H groups in total. The van der Waals surface area contributed by atoms with Crippen molar-refractivity contribution < 1.29 is 9.84 Å². The molecule has 1 fully saturated rings. The van der Waals surface area contributed by atoms with Crippen molar-refractivity contribution in [3.63, 3.8) is 0 Å². The molecule has 1 aromatic rings. The van der Waals surface area contributed by atoms with Crippen molar-refractivity contribution in [2.24, 2.45) is 5.92 Å². The molecule has 1 aliphatic carbocycles. The number of aliphatic hydroxyl groups is 1. The molecule has 0 radical (unpaired) electrons. The number of rotatable bonds is 2. The van der Waals surface area contributed by atoms with Crippen LogP contribution in [0.3, 0.4) is 0 Å². The molecule has 3 rings (SSSR count). The van der Waals surface area contributed by atoms with Crippen LogP contribution in [0.2, 0.25) is 0 Å². The highest BCUT2D eigenvalue weighted by molar-refractivity contribution is 5.37. The van der Waals surface area contributed by atoms with Crippen LogP contribution in [-0.4, -0.2) is 17.3 Å². The highest BCUT2D eigenvalue weighted by atomic mass is 16.5. The monoisotopic (exact) mass is 218 g/mol. The first-order valence-electron chi connectivity index (χ1n) is 6.25. The first kappa shape index (κ1) is 10.2. The second-order valence-corrected chi connectivity index (χ2v) is 5.05. The van der Waals surface area contributed by atoms with Crippen molar-refractivity contribution in [1.29, 1.82) is 0 Å². The Morgan fingerprint density at radius 2 is 2.12 bits per heavy atom. The molecule has 3 atom stereocenters. The Balaban J connectivity index is 1.63. The van der Waals surface area contributed by atoms with E-state index in [-0.39, 0.29) is 12.2 Å². The standard InChI is InChI=1S/C14H18O2/c15-13-6-3-5-10(13)8-12-9-11-4-1-2-7-14(11)16-12/h1-2,4,7,10,12-13,15H,3,5-6,8-9H2. The molecule has 1 aromatic carbocycles. The molecule has 1 aliphatic heterocycles. The molecular formula is C14H18O2. The van der Waals surface area contributed by atoms with E-state index in [0.29, 0.717) is 5.92 Å². The summed E-state index contributed by atoms with van der Waals surface area (Å²) < 4.78 is 5.91. The summed E-state index contributed by atoms with van der Waals surface area (Å²) in [5.41, 5.74) is 1.32. The average molecular weight is 218 g/mol. The summed E-state index contributed by atoms with van der Waals surface area (Å²) in [7, 11) is 0. The number of ether oxygens (including phenoxy) is 1. The van der Waals surface area contributed by atoms with E-state index >= 15 is 0 Å². The molecule has 1 saturated carbocycles. The van der Waals surface area contributed by atoms with E-state index in [0.717, 1.165) is 31.4 Å². The van der Waals surface area contributed by atoms with Crippen molar-refractivity contribution >= 4 is 0 Å². The van der Waals surface area contributed by atoms with Gasteiger partial charge >= 0.3 is 0 Å². The maximum Gasteiger partial charge on any atom is 0.123 e. The number of hydrogen-bond acceptors (Lipinski definition) is 2. The largest absolute Gasteiger partial charge is 0.490 e. The third kappa shape index (κ3) is 1.82. The lowest BCUT2D eigenvalue weighted by atomic mass is 9.96. The van der Waals surface area contributed by atoms with Crippen LogP contribution in [0.5, 0.6) is 5.75 Å². The van der Waals surface area contributed by atoms with Crippen LogP contribution in [0.4, 0.5) is 0 Å². The molecular weight excluding hydrogens is 200 g/mol. The fraction of sp³-hybridized carbons (Fsp3) is 0.571. The van der Waals surface area contributed by atoms with Gasteiger partial charge in [0.15, 0.2) is 0 Å². The van der Waals surface area contributed by atoms with Gasteiger partial charge in [0.05, 0.1) is 6.10 Å². The Morgan fingerprint density at radius 1 is 1.25 bits per heavy atom. The van der Waals surface area contributed by atoms with Crippen LogP contribution in [0.25, 0.3) is 0 Å². The highest BCUT2D eigenvalue weighted by Crippen LogP contribution is 2.35. The zero-order chi connectivity index (χ0) is 11.0. The molecule has 16 heavy (non-hydrogen) atoms. The van der Waals surface area contributed by atoms with E-state index in [1.54, 1.807) is 0 Å². The molecule has 0 saturated heterocycles. The summed E-state index contributed by atoms with van der Waals surface area (Å²) >= 11 is 0. The maximum atomic E-state index is 9.81. The van der Waals surface area contributed by atoms with Crippen molar-refractivity contribution in [3.05, 3.63) is 29.8 Å². The van der Waals surface area contributed by atoms with Crippen LogP contribution < -0.4 is 4.74 Å². The number of hydrogen-bond donors (Lipinski definition) is 1. The summed E-state index contributed by atoms with van der Waals surface area (Å²) in [6.45, 7) is 0. The van der Waals surface area contributed by atoms with Crippen LogP contribution in [0, 0.1) is 5.92 Å². The third-order valence-corrected chi connectivity index (χ3v) is 3.90. The van der Waals surface area contributed by atoms with Crippen molar-refractivity contribution in [2.75, 3.05) is 0 Å². The van der Waals surface area contributed by atoms with E-state index in [1.807, 2.05) is 12.1 Å². The van der Waals surface area contributed by atoms with Gasteiger partial charge in [-0.05, 0) is 36.8 Å². The zero-order valence-corrected chi connectivity index (χ0v) is 9.43. The lowest BCUT2D eigenvalue weighted by molar-refractivity contribution is 0.0974. The highest BCUT2D eigenvalue weighted by Gasteiger charge is 2.31. The molecule has 2 nitrogen and oxygen atoms in total. The molecule has 0 amide bonds. The van der Waals surface area contributed by atoms with E-state index < -0.39 is 0 Å². The second kappa shape index (κ2) is 4.10. The topological polar surface area (TPSA) is 29.5 Å². The van der Waals surface area contributed by atoms with Crippen molar-refractivity contribution in [3.8, 4) is 5.75 Å². The van der Waals surface area contributed by atoms with Crippen LogP contribution in [0.15, 0.2) is 24.3 Å². The molecule has 0 aromatic heterocycles. The van der Waals surface area contributed by atoms with Gasteiger partial charge in [0.1, 0.15) is 11.9 Å². The Hall–Kier alpha value is -1.02. The van der Waals surface area contributed by atoms with E-state index in [1.165, 1.54) is 12.0 Å². The molecule has 3 unspecified atom stereocenters. The van der Waals surface area contributed by atoms with E-state index in [4.69, 9.17) is 4.74 Å². The fourth-order valence-corrected chi connectivity index (χ4v) is 3.02. The molecule has 0 spiro atoms. The molecule has 0 bridgehead atoms. The Morgan fingerprint density at radius 3 is 2.88 bits per heavy atom. The predicted molar refractivity (Wildman–Crippen MR) is 62.5 cm³/mol. The SMILES string of the molecule is OC1CCCC1CC1Cc2ccccc2O1. The summed E-state index contributed by atoms with van der Waals surface area (Å²) in [6.07, 6.45) is 5.53. The van der Waals surface area contributed by atoms with Gasteiger partial charge in [-0.25, -0.2) is 0 Å². The molecule has 1 heterocycles. The zero-order valence-electron chi connectivity index (χ0n) is 9.43. The summed E-state index contributed by atoms with van der Waals surface area (Å²) in [6, 6.07) is 8.27. The van der Waals surface area contributed by atoms with Crippen LogP contribution >= 0.6 is 0 Å². The number of benzene rings is 1. The van der Waals surface area contributed by atoms with Crippen LogP contribution in [0.1, 0.15) is 31.2 Å². The Labute approximate surface area is 96.2 Å². The Bertz CT molecular complexity index is 350. The quantitative estimate of drug-likeness (QED) is 0.826. The first-order chi connectivity index (χ1) is 7.83. The fourth-order valence-electron chi connectivity index (χ4n) is 3.02. The van der Waals surface area contributed by atoms with E-state index in [9.17, 15) is 5.11 Å². The van der Waals surface area contributed by atoms with Gasteiger partial charge < -0.3 is 9.84 Å². The lowest BCUT2D eigenvalue weighted by Gasteiger charge is -2.18. The molecule has 86 valence electrons. The van der Waals surface area contributed by atoms with Gasteiger partial charge in [-0.15, -0.1) is 0 Å². The molecule has 2 heteroatoms. The molecule has 2 aliphatic rings. The number of fused-ring (bicyclic) bond motifs is 1. The predicted octanol–water partition coefficient (Wildman–Crippen LogP) is 2.54. The van der Waals surface area contributed by atoms with Crippen molar-refractivity contribution in [2.45, 2.75) is 44.3 Å². The van der Waals surface area contributed by atoms with Gasteiger partial charge in [-0.3, -0.25) is 0 Å². The van der Waals surface area contributed by atoms with Gasteiger partial charge in [-0.1, -0.05) is 24.6 Å². The average Bonchev–Trinajstić information content (AvgIpc) is 2.85. The minimum absolute atomic E-state index is 0.0905. The normalized spacial score (nSPS) is 32.4. The van der Waals surface area contributed by atoms with Gasteiger partial charge in [0, 0.05) is 6.42 Å².